The van der Waals surface area contributed by atoms with Gasteiger partial charge in [0.25, 0.3) is 0 Å². The van der Waals surface area contributed by atoms with E-state index in [2.05, 4.69) is 5.32 Å². The van der Waals surface area contributed by atoms with Crippen molar-refractivity contribution in [2.24, 2.45) is 0 Å². The normalized spacial score (nSPS) is 19.3. The lowest BCUT2D eigenvalue weighted by Crippen LogP contribution is -2.42. The van der Waals surface area contributed by atoms with Gasteiger partial charge in [-0.15, -0.1) is 0 Å². The molecule has 1 fully saturated rings. The van der Waals surface area contributed by atoms with Gasteiger partial charge in [-0.25, -0.2) is 12.8 Å². The first-order valence-corrected chi connectivity index (χ1v) is 12.6. The Labute approximate surface area is 193 Å². The number of aryl methyl sites for hydroxylation is 2. The van der Waals surface area contributed by atoms with Crippen LogP contribution in [0.3, 0.4) is 0 Å². The van der Waals surface area contributed by atoms with Gasteiger partial charge in [0.1, 0.15) is 12.4 Å². The fourth-order valence-electron chi connectivity index (χ4n) is 4.45. The molecule has 176 valence electrons. The zero-order valence-corrected chi connectivity index (χ0v) is 19.6. The van der Waals surface area contributed by atoms with Gasteiger partial charge in [-0.1, -0.05) is 12.5 Å². The molecule has 2 aliphatic heterocycles. The van der Waals surface area contributed by atoms with Gasteiger partial charge in [0.2, 0.25) is 21.8 Å². The van der Waals surface area contributed by atoms with Crippen molar-refractivity contribution < 1.29 is 22.4 Å². The third kappa shape index (κ3) is 4.79. The molecule has 7 nitrogen and oxygen atoms in total. The Morgan fingerprint density at radius 3 is 2.67 bits per heavy atom. The average Bonchev–Trinajstić information content (AvgIpc) is 2.78. The van der Waals surface area contributed by atoms with Crippen LogP contribution in [-0.4, -0.2) is 43.7 Å². The molecule has 1 saturated heterocycles. The molecule has 2 aromatic rings. The number of nitrogens with one attached hydrogen (secondary N) is 1. The number of halogens is 1. The number of anilines is 2. The number of amides is 2. The maximum Gasteiger partial charge on any atom is 0.244 e. The van der Waals surface area contributed by atoms with E-state index in [-0.39, 0.29) is 29.8 Å². The largest absolute Gasteiger partial charge is 0.324 e. The van der Waals surface area contributed by atoms with E-state index in [1.807, 2.05) is 6.92 Å². The van der Waals surface area contributed by atoms with Gasteiger partial charge in [-0.2, -0.15) is 4.31 Å². The van der Waals surface area contributed by atoms with E-state index >= 15 is 0 Å². The lowest BCUT2D eigenvalue weighted by molar-refractivity contribution is -0.121. The molecule has 2 amide bonds. The summed E-state index contributed by atoms with van der Waals surface area (Å²) < 4.78 is 41.8. The summed E-state index contributed by atoms with van der Waals surface area (Å²) in [5.74, 6) is -1.10. The monoisotopic (exact) mass is 473 g/mol. The number of nitrogens with zero attached hydrogens (tertiary/aromatic N) is 2. The van der Waals surface area contributed by atoms with Crippen molar-refractivity contribution >= 4 is 33.2 Å². The Balaban J connectivity index is 1.55. The van der Waals surface area contributed by atoms with Gasteiger partial charge in [-0.05, 0) is 74.6 Å². The Morgan fingerprint density at radius 1 is 1.15 bits per heavy atom. The van der Waals surface area contributed by atoms with E-state index in [1.54, 1.807) is 35.5 Å². The Bertz CT molecular complexity index is 1200. The molecule has 9 heteroatoms. The third-order valence-electron chi connectivity index (χ3n) is 6.36. The highest BCUT2D eigenvalue weighted by atomic mass is 32.2. The number of fused-ring (bicyclic) bond motifs is 1. The van der Waals surface area contributed by atoms with Crippen LogP contribution in [0, 0.1) is 12.7 Å². The second kappa shape index (κ2) is 9.23. The van der Waals surface area contributed by atoms with Crippen LogP contribution in [0.15, 0.2) is 41.3 Å². The van der Waals surface area contributed by atoms with Crippen molar-refractivity contribution in [3.05, 3.63) is 53.3 Å². The second-order valence-electron chi connectivity index (χ2n) is 8.74. The lowest BCUT2D eigenvalue weighted by Gasteiger charge is -2.33. The molecular weight excluding hydrogens is 445 g/mol. The van der Waals surface area contributed by atoms with Crippen molar-refractivity contribution in [1.29, 1.82) is 0 Å². The summed E-state index contributed by atoms with van der Waals surface area (Å²) in [5.41, 5.74) is 2.03. The highest BCUT2D eigenvalue weighted by Gasteiger charge is 2.33. The van der Waals surface area contributed by atoms with Crippen LogP contribution in [0.5, 0.6) is 0 Å². The molecule has 4 rings (SSSR count). The topological polar surface area (TPSA) is 86.8 Å². The van der Waals surface area contributed by atoms with E-state index < -0.39 is 21.7 Å². The molecule has 0 aliphatic carbocycles. The van der Waals surface area contributed by atoms with Gasteiger partial charge < -0.3 is 10.2 Å². The summed E-state index contributed by atoms with van der Waals surface area (Å²) in [6, 6.07) is 9.09. The average molecular weight is 474 g/mol. The molecule has 1 atom stereocenters. The summed E-state index contributed by atoms with van der Waals surface area (Å²) in [6.07, 6.45) is 3.30. The molecule has 0 saturated carbocycles. The van der Waals surface area contributed by atoms with Crippen LogP contribution < -0.4 is 10.2 Å². The number of hydrogen-bond donors (Lipinski definition) is 1. The first-order chi connectivity index (χ1) is 15.7. The second-order valence-corrected chi connectivity index (χ2v) is 10.6. The van der Waals surface area contributed by atoms with Crippen LogP contribution in [0.2, 0.25) is 0 Å². The first-order valence-electron chi connectivity index (χ1n) is 11.2. The third-order valence-corrected chi connectivity index (χ3v) is 8.37. The predicted octanol–water partition coefficient (Wildman–Crippen LogP) is 3.62. The Morgan fingerprint density at radius 2 is 1.94 bits per heavy atom. The minimum atomic E-state index is -3.63. The summed E-state index contributed by atoms with van der Waals surface area (Å²) in [6.45, 7) is 3.82. The van der Waals surface area contributed by atoms with Crippen LogP contribution in [0.25, 0.3) is 0 Å². The molecule has 0 radical (unpaired) electrons. The molecule has 0 aromatic heterocycles. The van der Waals surface area contributed by atoms with Crippen molar-refractivity contribution in [3.8, 4) is 0 Å². The maximum absolute atomic E-state index is 13.8. The Hall–Kier alpha value is -2.78. The first kappa shape index (κ1) is 23.4. The van der Waals surface area contributed by atoms with E-state index in [0.717, 1.165) is 24.8 Å². The highest BCUT2D eigenvalue weighted by Crippen LogP contribution is 2.32. The number of piperidine rings is 1. The standard InChI is InChI=1S/C24H28FN3O4S/c1-16-6-8-19(14-21(16)25)26-23(29)15-27-22-10-9-20(13-18(22)7-11-24(27)30)33(31,32)28-12-4-3-5-17(28)2/h6,8-10,13-14,17H,3-5,7,11-12,15H2,1-2H3,(H,26,29). The molecular formula is C24H28FN3O4S. The van der Waals surface area contributed by atoms with Gasteiger partial charge in [-0.3, -0.25) is 9.59 Å². The quantitative estimate of drug-likeness (QED) is 0.719. The van der Waals surface area contributed by atoms with Gasteiger partial charge >= 0.3 is 0 Å². The number of carbonyl (C=O) groups excluding carboxylic acids is 2. The molecule has 0 bridgehead atoms. The minimum absolute atomic E-state index is 0.0480. The number of rotatable bonds is 5. The van der Waals surface area contributed by atoms with Crippen LogP contribution in [-0.2, 0) is 26.0 Å². The molecule has 2 heterocycles. The molecule has 1 N–H and O–H groups in total. The zero-order valence-electron chi connectivity index (χ0n) is 18.8. The fourth-order valence-corrected chi connectivity index (χ4v) is 6.20. The van der Waals surface area contributed by atoms with Gasteiger partial charge in [0.15, 0.2) is 0 Å². The van der Waals surface area contributed by atoms with Gasteiger partial charge in [0, 0.05) is 30.4 Å². The van der Waals surface area contributed by atoms with Crippen molar-refractivity contribution in [3.63, 3.8) is 0 Å². The van der Waals surface area contributed by atoms with E-state index in [1.165, 1.54) is 17.0 Å². The number of hydrogen-bond acceptors (Lipinski definition) is 4. The van der Waals surface area contributed by atoms with E-state index in [4.69, 9.17) is 0 Å². The predicted molar refractivity (Wildman–Crippen MR) is 124 cm³/mol. The molecule has 0 spiro atoms. The fraction of sp³-hybridized carbons (Fsp3) is 0.417. The molecule has 33 heavy (non-hydrogen) atoms. The van der Waals surface area contributed by atoms with E-state index in [0.29, 0.717) is 29.9 Å². The van der Waals surface area contributed by atoms with Crippen LogP contribution >= 0.6 is 0 Å². The van der Waals surface area contributed by atoms with Crippen molar-refractivity contribution in [2.75, 3.05) is 23.3 Å². The highest BCUT2D eigenvalue weighted by molar-refractivity contribution is 7.89. The zero-order chi connectivity index (χ0) is 23.8. The maximum atomic E-state index is 13.8. The number of sulfonamides is 1. The molecule has 2 aromatic carbocycles. The van der Waals surface area contributed by atoms with Crippen molar-refractivity contribution in [2.45, 2.75) is 56.9 Å². The van der Waals surface area contributed by atoms with Crippen LogP contribution in [0.4, 0.5) is 15.8 Å². The SMILES string of the molecule is Cc1ccc(NC(=O)CN2C(=O)CCc3cc(S(=O)(=O)N4CCCCC4C)ccc32)cc1F. The van der Waals surface area contributed by atoms with Crippen LogP contribution in [0.1, 0.15) is 43.7 Å². The smallest absolute Gasteiger partial charge is 0.244 e. The van der Waals surface area contributed by atoms with Gasteiger partial charge in [0.05, 0.1) is 4.90 Å². The number of benzene rings is 2. The lowest BCUT2D eigenvalue weighted by atomic mass is 10.0. The summed E-state index contributed by atoms with van der Waals surface area (Å²) in [4.78, 5) is 26.7. The van der Waals surface area contributed by atoms with Crippen molar-refractivity contribution in [1.82, 2.24) is 4.31 Å². The Kier molecular flexibility index (Phi) is 6.54. The number of carbonyl (C=O) groups is 2. The van der Waals surface area contributed by atoms with E-state index in [9.17, 15) is 22.4 Å². The minimum Gasteiger partial charge on any atom is -0.324 e. The summed E-state index contributed by atoms with van der Waals surface area (Å²) in [5, 5.41) is 2.62. The molecule has 1 unspecified atom stereocenters. The molecule has 2 aliphatic rings. The summed E-state index contributed by atoms with van der Waals surface area (Å²) in [7, 11) is -3.63. The summed E-state index contributed by atoms with van der Waals surface area (Å²) >= 11 is 0.